The number of nitrogens with one attached hydrogen (secondary N) is 2. The number of nitrogens with zero attached hydrogens (tertiary/aromatic N) is 3. The average molecular weight is 450 g/mol. The van der Waals surface area contributed by atoms with Crippen LogP contribution >= 0.6 is 11.6 Å². The summed E-state index contributed by atoms with van der Waals surface area (Å²) < 4.78 is 4.74. The summed E-state index contributed by atoms with van der Waals surface area (Å²) in [6.07, 6.45) is 1.67. The van der Waals surface area contributed by atoms with Crippen LogP contribution in [-0.4, -0.2) is 48.6 Å². The molecule has 1 rings (SSSR count). The molecule has 1 heterocycles. The number of nitroso groups, excluding NO2 is 1. The Hall–Kier alpha value is -3.15. The van der Waals surface area contributed by atoms with Crippen molar-refractivity contribution >= 4 is 35.0 Å². The molecule has 0 saturated heterocycles. The zero-order valence-corrected chi connectivity index (χ0v) is 18.4. The van der Waals surface area contributed by atoms with Crippen LogP contribution < -0.4 is 10.3 Å². The first kappa shape index (κ1) is 29.1. The van der Waals surface area contributed by atoms with Crippen molar-refractivity contribution in [1.82, 2.24) is 5.32 Å². The van der Waals surface area contributed by atoms with E-state index in [-0.39, 0.29) is 54.1 Å². The lowest BCUT2D eigenvalue weighted by Gasteiger charge is -2.05. The molecule has 168 valence electrons. The minimum atomic E-state index is -0.468. The summed E-state index contributed by atoms with van der Waals surface area (Å²) in [5, 5.41) is 17.0. The van der Waals surface area contributed by atoms with Crippen LogP contribution in [-0.2, 0) is 19.2 Å². The summed E-state index contributed by atoms with van der Waals surface area (Å²) in [4.78, 5) is 49.8. The number of hydrogen-bond acceptors (Lipinski definition) is 9. The highest BCUT2D eigenvalue weighted by Gasteiger charge is 2.20. The highest BCUT2D eigenvalue weighted by molar-refractivity contribution is 6.34. The molecule has 1 amide bonds. The molecule has 3 N–H and O–H groups in total. The van der Waals surface area contributed by atoms with Crippen molar-refractivity contribution < 1.29 is 34.3 Å². The normalized spacial score (nSPS) is 9.73. The number of pyridine rings is 1. The van der Waals surface area contributed by atoms with Gasteiger partial charge in [-0.25, -0.2) is 9.82 Å². The van der Waals surface area contributed by atoms with E-state index in [1.807, 2.05) is 13.8 Å². The Bertz CT molecular complexity index is 728. The van der Waals surface area contributed by atoms with Gasteiger partial charge in [-0.15, -0.1) is 4.91 Å². The minimum Gasteiger partial charge on any atom is -0.466 e. The van der Waals surface area contributed by atoms with Gasteiger partial charge in [0.2, 0.25) is 23.7 Å². The van der Waals surface area contributed by atoms with Gasteiger partial charge < -0.3 is 15.3 Å². The van der Waals surface area contributed by atoms with Gasteiger partial charge in [0.05, 0.1) is 11.5 Å². The Labute approximate surface area is 179 Å². The molecule has 0 atom stereocenters. The maximum absolute atomic E-state index is 11.8. The van der Waals surface area contributed by atoms with E-state index >= 15 is 0 Å². The van der Waals surface area contributed by atoms with E-state index in [0.29, 0.717) is 4.92 Å². The van der Waals surface area contributed by atoms with E-state index < -0.39 is 5.91 Å². The van der Waals surface area contributed by atoms with Crippen LogP contribution in [0.4, 0.5) is 5.69 Å². The number of esters is 1. The molecule has 1 aromatic rings. The van der Waals surface area contributed by atoms with E-state index in [0.717, 1.165) is 0 Å². The number of carbonyl (C=O) groups is 2. The number of amidine groups is 1. The quantitative estimate of drug-likeness (QED) is 0.154. The van der Waals surface area contributed by atoms with Crippen molar-refractivity contribution in [3.8, 4) is 0 Å². The van der Waals surface area contributed by atoms with Gasteiger partial charge in [0.25, 0.3) is 5.69 Å². The van der Waals surface area contributed by atoms with E-state index in [1.54, 1.807) is 6.92 Å². The fourth-order valence-corrected chi connectivity index (χ4v) is 1.91. The van der Waals surface area contributed by atoms with Crippen molar-refractivity contribution in [3.05, 3.63) is 32.8 Å². The van der Waals surface area contributed by atoms with Crippen molar-refractivity contribution in [1.29, 1.82) is 0 Å². The Morgan fingerprint density at radius 2 is 1.93 bits per heavy atom. The third-order valence-electron chi connectivity index (χ3n) is 2.93. The summed E-state index contributed by atoms with van der Waals surface area (Å²) in [7, 11) is 2.59. The Balaban J connectivity index is 0. The number of rotatable bonds is 8. The molecule has 0 bridgehead atoms. The molecule has 0 radical (unpaired) electrons. The largest absolute Gasteiger partial charge is 0.466 e. The van der Waals surface area contributed by atoms with Crippen LogP contribution in [0, 0.1) is 9.81 Å². The number of aromatic amines is 1. The third-order valence-corrected chi connectivity index (χ3v) is 3.22. The molecular formula is C17H28ClN5O7+2. The van der Waals surface area contributed by atoms with Crippen molar-refractivity contribution in [2.24, 2.45) is 10.3 Å². The average Bonchev–Trinajstić information content (AvgIpc) is 2.74. The fraction of sp³-hybridized carbons (Fsp3) is 0.529. The second-order valence-corrected chi connectivity index (χ2v) is 5.36. The standard InChI is InChI=1S/C13H15ClN4O5.C2H6NO2.C2H6/c1-2-23-11(20)5-3-4-10(19)16-13(18-22)12-9(14)6-8(17-21)7-15-12;1-3(4)5-2;1-2/h6-7,22H,2-5H2,1H3,(H,16,18,19);1-2H3;1-2H3/q;+1;/p+1. The number of carbonyl (C=O) groups excluding carboxylic acids is 2. The van der Waals surface area contributed by atoms with Gasteiger partial charge in [-0.2, -0.15) is 0 Å². The summed E-state index contributed by atoms with van der Waals surface area (Å²) in [5.41, 5.74) is 0.164. The molecule has 0 saturated carbocycles. The van der Waals surface area contributed by atoms with E-state index in [1.165, 1.54) is 26.4 Å². The molecule has 0 aliphatic rings. The zero-order chi connectivity index (χ0) is 23.5. The first-order valence-electron chi connectivity index (χ1n) is 8.96. The van der Waals surface area contributed by atoms with Crippen LogP contribution in [0.15, 0.2) is 22.6 Å². The smallest absolute Gasteiger partial charge is 0.305 e. The molecule has 13 heteroatoms. The van der Waals surface area contributed by atoms with E-state index in [9.17, 15) is 19.4 Å². The first-order chi connectivity index (χ1) is 14.3. The molecule has 0 spiro atoms. The lowest BCUT2D eigenvalue weighted by atomic mass is 10.2. The van der Waals surface area contributed by atoms with Gasteiger partial charge in [-0.1, -0.05) is 30.6 Å². The molecule has 1 aromatic heterocycles. The number of amides is 1. The molecular weight excluding hydrogens is 422 g/mol. The number of halogens is 1. The SMILES string of the molecule is CC.CCOC(=O)CCCC(=O)N/C(=N/O)c1[nH+]cc(N=O)cc1Cl.CO[N+](C)=O. The minimum absolute atomic E-state index is 0.0312. The molecule has 30 heavy (non-hydrogen) atoms. The predicted octanol–water partition coefficient (Wildman–Crippen LogP) is 2.52. The van der Waals surface area contributed by atoms with Crippen LogP contribution in [0.1, 0.15) is 45.7 Å². The Morgan fingerprint density at radius 3 is 2.37 bits per heavy atom. The molecule has 0 aliphatic carbocycles. The van der Waals surface area contributed by atoms with Gasteiger partial charge in [0, 0.05) is 12.8 Å². The van der Waals surface area contributed by atoms with Gasteiger partial charge in [0.15, 0.2) is 19.0 Å². The summed E-state index contributed by atoms with van der Waals surface area (Å²) in [6, 6.07) is 1.25. The predicted molar refractivity (Wildman–Crippen MR) is 108 cm³/mol. The monoisotopic (exact) mass is 449 g/mol. The highest BCUT2D eigenvalue weighted by Crippen LogP contribution is 2.18. The summed E-state index contributed by atoms with van der Waals surface area (Å²) >= 11 is 5.91. The number of H-pyrrole nitrogens is 1. The highest BCUT2D eigenvalue weighted by atomic mass is 35.5. The maximum atomic E-state index is 11.8. The second kappa shape index (κ2) is 17.9. The van der Waals surface area contributed by atoms with Crippen LogP contribution in [0.25, 0.3) is 0 Å². The van der Waals surface area contributed by atoms with Gasteiger partial charge in [-0.3, -0.25) is 9.59 Å². The number of hydrogen-bond donors (Lipinski definition) is 2. The lowest BCUT2D eigenvalue weighted by molar-refractivity contribution is -0.776. The van der Waals surface area contributed by atoms with Crippen molar-refractivity contribution in [2.45, 2.75) is 40.0 Å². The van der Waals surface area contributed by atoms with Gasteiger partial charge >= 0.3 is 5.97 Å². The van der Waals surface area contributed by atoms with Gasteiger partial charge in [0.1, 0.15) is 5.02 Å². The zero-order valence-electron chi connectivity index (χ0n) is 17.6. The van der Waals surface area contributed by atoms with Crippen molar-refractivity contribution in [2.75, 3.05) is 20.8 Å². The number of aromatic nitrogens is 1. The van der Waals surface area contributed by atoms with Crippen LogP contribution in [0.2, 0.25) is 5.02 Å². The lowest BCUT2D eigenvalue weighted by Crippen LogP contribution is -2.35. The third kappa shape index (κ3) is 13.1. The topological polar surface area (TPSA) is 161 Å². The van der Waals surface area contributed by atoms with E-state index in [2.05, 4.69) is 25.5 Å². The Morgan fingerprint density at radius 1 is 1.33 bits per heavy atom. The summed E-state index contributed by atoms with van der Waals surface area (Å²) in [5.74, 6) is -1.07. The second-order valence-electron chi connectivity index (χ2n) is 4.95. The first-order valence-corrected chi connectivity index (χ1v) is 9.34. The fourth-order valence-electron chi connectivity index (χ4n) is 1.65. The number of oxime groups is 1. The molecule has 0 unspecified atom stereocenters. The maximum Gasteiger partial charge on any atom is 0.305 e. The van der Waals surface area contributed by atoms with Crippen molar-refractivity contribution in [3.63, 3.8) is 0 Å². The molecule has 0 fully saturated rings. The van der Waals surface area contributed by atoms with E-state index in [4.69, 9.17) is 21.5 Å². The number of ether oxygens (including phenoxy) is 1. The van der Waals surface area contributed by atoms with Gasteiger partial charge in [-0.05, 0) is 24.6 Å². The van der Waals surface area contributed by atoms with Crippen LogP contribution in [0.3, 0.4) is 0 Å². The molecule has 12 nitrogen and oxygen atoms in total. The molecule has 0 aliphatic heterocycles. The Kier molecular flexibility index (Phi) is 17.4. The molecule has 0 aromatic carbocycles. The van der Waals surface area contributed by atoms with Crippen LogP contribution in [0.5, 0.6) is 0 Å². The summed E-state index contributed by atoms with van der Waals surface area (Å²) in [6.45, 7) is 5.98.